The summed E-state index contributed by atoms with van der Waals surface area (Å²) in [6.45, 7) is 0. The second-order valence-corrected chi connectivity index (χ2v) is 5.65. The van der Waals surface area contributed by atoms with Crippen molar-refractivity contribution in [3.8, 4) is 0 Å². The summed E-state index contributed by atoms with van der Waals surface area (Å²) in [5.74, 6) is -0.0942. The smallest absolute Gasteiger partial charge is 0.224 e. The van der Waals surface area contributed by atoms with Crippen molar-refractivity contribution in [1.82, 2.24) is 0 Å². The van der Waals surface area contributed by atoms with Crippen molar-refractivity contribution in [2.45, 2.75) is 12.8 Å². The van der Waals surface area contributed by atoms with Gasteiger partial charge in [0.25, 0.3) is 0 Å². The highest BCUT2D eigenvalue weighted by molar-refractivity contribution is 6.35. The Balaban J connectivity index is 1.92. The van der Waals surface area contributed by atoms with Crippen LogP contribution in [0.2, 0.25) is 15.1 Å². The molecule has 5 heteroatoms. The number of benzene rings is 2. The third-order valence-electron chi connectivity index (χ3n) is 2.68. The molecule has 20 heavy (non-hydrogen) atoms. The van der Waals surface area contributed by atoms with Crippen LogP contribution < -0.4 is 5.32 Å². The molecule has 0 aliphatic heterocycles. The molecule has 0 radical (unpaired) electrons. The molecule has 0 spiro atoms. The molecule has 0 heterocycles. The van der Waals surface area contributed by atoms with Gasteiger partial charge in [0.1, 0.15) is 0 Å². The van der Waals surface area contributed by atoms with Gasteiger partial charge in [0.15, 0.2) is 0 Å². The molecule has 0 bridgehead atoms. The van der Waals surface area contributed by atoms with Crippen LogP contribution in [0.25, 0.3) is 0 Å². The van der Waals surface area contributed by atoms with Crippen molar-refractivity contribution in [2.75, 3.05) is 5.32 Å². The molecular formula is C15H12Cl3NO. The Morgan fingerprint density at radius 2 is 1.65 bits per heavy atom. The minimum absolute atomic E-state index is 0.0942. The van der Waals surface area contributed by atoms with Crippen LogP contribution in [0, 0.1) is 0 Å². The molecule has 1 amide bonds. The van der Waals surface area contributed by atoms with Crippen LogP contribution in [-0.4, -0.2) is 5.91 Å². The van der Waals surface area contributed by atoms with E-state index in [1.54, 1.807) is 24.3 Å². The van der Waals surface area contributed by atoms with Gasteiger partial charge in [0.2, 0.25) is 5.91 Å². The number of halogens is 3. The molecular weight excluding hydrogens is 317 g/mol. The standard InChI is InChI=1S/C15H12Cl3NO/c16-11-3-1-2-10(6-11)4-5-15(20)19-14-8-12(17)7-13(18)9-14/h1-3,6-9H,4-5H2,(H,19,20). The Morgan fingerprint density at radius 3 is 2.30 bits per heavy atom. The first-order chi connectivity index (χ1) is 9.52. The number of hydrogen-bond donors (Lipinski definition) is 1. The highest BCUT2D eigenvalue weighted by Gasteiger charge is 2.05. The molecule has 2 aromatic rings. The third kappa shape index (κ3) is 4.71. The highest BCUT2D eigenvalue weighted by Crippen LogP contribution is 2.22. The summed E-state index contributed by atoms with van der Waals surface area (Å²) in [6.07, 6.45) is 0.991. The first kappa shape index (κ1) is 15.2. The normalized spacial score (nSPS) is 10.3. The largest absolute Gasteiger partial charge is 0.326 e. The third-order valence-corrected chi connectivity index (χ3v) is 3.35. The molecule has 0 fully saturated rings. The van der Waals surface area contributed by atoms with Gasteiger partial charge in [0.05, 0.1) is 0 Å². The van der Waals surface area contributed by atoms with Crippen molar-refractivity contribution in [2.24, 2.45) is 0 Å². The summed E-state index contributed by atoms with van der Waals surface area (Å²) in [6, 6.07) is 12.4. The van der Waals surface area contributed by atoms with E-state index in [0.29, 0.717) is 33.6 Å². The van der Waals surface area contributed by atoms with Crippen LogP contribution in [0.5, 0.6) is 0 Å². The Kier molecular flexibility index (Phi) is 5.30. The van der Waals surface area contributed by atoms with E-state index in [0.717, 1.165) is 5.56 Å². The minimum atomic E-state index is -0.0942. The fraction of sp³-hybridized carbons (Fsp3) is 0.133. The first-order valence-corrected chi connectivity index (χ1v) is 7.17. The Morgan fingerprint density at radius 1 is 0.950 bits per heavy atom. The fourth-order valence-corrected chi connectivity index (χ4v) is 2.54. The predicted octanol–water partition coefficient (Wildman–Crippen LogP) is 5.22. The average Bonchev–Trinajstić information content (AvgIpc) is 2.35. The summed E-state index contributed by atoms with van der Waals surface area (Å²) in [5, 5.41) is 4.42. The van der Waals surface area contributed by atoms with E-state index in [9.17, 15) is 4.79 Å². The van der Waals surface area contributed by atoms with E-state index in [1.807, 2.05) is 18.2 Å². The lowest BCUT2D eigenvalue weighted by molar-refractivity contribution is -0.116. The molecule has 0 saturated carbocycles. The number of carbonyl (C=O) groups excluding carboxylic acids is 1. The Labute approximate surface area is 132 Å². The topological polar surface area (TPSA) is 29.1 Å². The number of anilines is 1. The second kappa shape index (κ2) is 6.98. The van der Waals surface area contributed by atoms with Gasteiger partial charge in [-0.2, -0.15) is 0 Å². The SMILES string of the molecule is O=C(CCc1cccc(Cl)c1)Nc1cc(Cl)cc(Cl)c1. The van der Waals surface area contributed by atoms with E-state index < -0.39 is 0 Å². The molecule has 104 valence electrons. The molecule has 0 aliphatic rings. The maximum Gasteiger partial charge on any atom is 0.224 e. The van der Waals surface area contributed by atoms with Crippen LogP contribution in [0.15, 0.2) is 42.5 Å². The molecule has 2 rings (SSSR count). The number of nitrogens with one attached hydrogen (secondary N) is 1. The summed E-state index contributed by atoms with van der Waals surface area (Å²) in [4.78, 5) is 11.9. The fourth-order valence-electron chi connectivity index (χ4n) is 1.80. The monoisotopic (exact) mass is 327 g/mol. The first-order valence-electron chi connectivity index (χ1n) is 6.03. The van der Waals surface area contributed by atoms with Crippen molar-refractivity contribution < 1.29 is 4.79 Å². The van der Waals surface area contributed by atoms with Crippen LogP contribution in [0.1, 0.15) is 12.0 Å². The molecule has 0 atom stereocenters. The van der Waals surface area contributed by atoms with Crippen molar-refractivity contribution in [3.05, 3.63) is 63.1 Å². The maximum absolute atomic E-state index is 11.9. The highest BCUT2D eigenvalue weighted by atomic mass is 35.5. The maximum atomic E-state index is 11.9. The van der Waals surface area contributed by atoms with Crippen LogP contribution in [0.3, 0.4) is 0 Å². The number of hydrogen-bond acceptors (Lipinski definition) is 1. The summed E-state index contributed by atoms with van der Waals surface area (Å²) >= 11 is 17.6. The van der Waals surface area contributed by atoms with Crippen molar-refractivity contribution in [3.63, 3.8) is 0 Å². The van der Waals surface area contributed by atoms with E-state index in [-0.39, 0.29) is 5.91 Å². The predicted molar refractivity (Wildman–Crippen MR) is 84.9 cm³/mol. The molecule has 0 unspecified atom stereocenters. The summed E-state index contributed by atoms with van der Waals surface area (Å²) < 4.78 is 0. The van der Waals surface area contributed by atoms with Gasteiger partial charge in [-0.25, -0.2) is 0 Å². The molecule has 0 aliphatic carbocycles. The quantitative estimate of drug-likeness (QED) is 0.819. The van der Waals surface area contributed by atoms with Gasteiger partial charge in [-0.15, -0.1) is 0 Å². The zero-order valence-corrected chi connectivity index (χ0v) is 12.8. The molecule has 0 saturated heterocycles. The van der Waals surface area contributed by atoms with Crippen molar-refractivity contribution in [1.29, 1.82) is 0 Å². The lowest BCUT2D eigenvalue weighted by Crippen LogP contribution is -2.12. The van der Waals surface area contributed by atoms with Gasteiger partial charge in [-0.05, 0) is 42.3 Å². The van der Waals surface area contributed by atoms with E-state index in [2.05, 4.69) is 5.32 Å². The number of rotatable bonds is 4. The van der Waals surface area contributed by atoms with Crippen LogP contribution in [-0.2, 0) is 11.2 Å². The summed E-state index contributed by atoms with van der Waals surface area (Å²) in [7, 11) is 0. The number of amides is 1. The lowest BCUT2D eigenvalue weighted by Gasteiger charge is -2.06. The lowest BCUT2D eigenvalue weighted by atomic mass is 10.1. The molecule has 0 aromatic heterocycles. The molecule has 2 nitrogen and oxygen atoms in total. The summed E-state index contributed by atoms with van der Waals surface area (Å²) in [5.41, 5.74) is 1.62. The van der Waals surface area contributed by atoms with Gasteiger partial charge in [-0.1, -0.05) is 46.9 Å². The van der Waals surface area contributed by atoms with Crippen LogP contribution in [0.4, 0.5) is 5.69 Å². The zero-order valence-electron chi connectivity index (χ0n) is 10.5. The Hall–Kier alpha value is -1.22. The second-order valence-electron chi connectivity index (χ2n) is 4.34. The molecule has 2 aromatic carbocycles. The van der Waals surface area contributed by atoms with Gasteiger partial charge in [-0.3, -0.25) is 4.79 Å². The minimum Gasteiger partial charge on any atom is -0.326 e. The molecule has 1 N–H and O–H groups in total. The van der Waals surface area contributed by atoms with E-state index in [1.165, 1.54) is 0 Å². The van der Waals surface area contributed by atoms with E-state index >= 15 is 0 Å². The van der Waals surface area contributed by atoms with Crippen molar-refractivity contribution >= 4 is 46.4 Å². The van der Waals surface area contributed by atoms with Gasteiger partial charge in [0, 0.05) is 27.2 Å². The number of carbonyl (C=O) groups is 1. The van der Waals surface area contributed by atoms with E-state index in [4.69, 9.17) is 34.8 Å². The van der Waals surface area contributed by atoms with Crippen LogP contribution >= 0.6 is 34.8 Å². The van der Waals surface area contributed by atoms with Gasteiger partial charge >= 0.3 is 0 Å². The number of aryl methyl sites for hydroxylation is 1. The van der Waals surface area contributed by atoms with Gasteiger partial charge < -0.3 is 5.32 Å². The average molecular weight is 329 g/mol. The zero-order chi connectivity index (χ0) is 14.5. The Bertz CT molecular complexity index is 608.